The summed E-state index contributed by atoms with van der Waals surface area (Å²) in [4.78, 5) is 26.2. The lowest BCUT2D eigenvalue weighted by atomic mass is 10.2. The molecule has 0 saturated heterocycles. The summed E-state index contributed by atoms with van der Waals surface area (Å²) in [6, 6.07) is 6.02. The molecular formula is C16H19N5O2. The van der Waals surface area contributed by atoms with Crippen molar-refractivity contribution in [3.8, 4) is 0 Å². The quantitative estimate of drug-likeness (QED) is 0.615. The van der Waals surface area contributed by atoms with Gasteiger partial charge < -0.3 is 20.0 Å². The minimum atomic E-state index is -0.142. The first-order valence-electron chi connectivity index (χ1n) is 7.47. The zero-order valence-corrected chi connectivity index (χ0v) is 12.9. The molecule has 3 rings (SSSR count). The summed E-state index contributed by atoms with van der Waals surface area (Å²) in [7, 11) is 0. The van der Waals surface area contributed by atoms with Crippen LogP contribution in [0.1, 0.15) is 17.1 Å². The normalized spacial score (nSPS) is 11.0. The van der Waals surface area contributed by atoms with Crippen molar-refractivity contribution in [1.29, 1.82) is 0 Å². The molecule has 7 nitrogen and oxygen atoms in total. The molecule has 1 aromatic carbocycles. The van der Waals surface area contributed by atoms with Crippen molar-refractivity contribution in [2.24, 2.45) is 0 Å². The molecule has 0 fully saturated rings. The first kappa shape index (κ1) is 15.2. The highest BCUT2D eigenvalue weighted by Gasteiger charge is 2.05. The number of benzene rings is 1. The zero-order chi connectivity index (χ0) is 16.1. The fourth-order valence-electron chi connectivity index (χ4n) is 2.29. The number of fused-ring (bicyclic) bond motifs is 1. The summed E-state index contributed by atoms with van der Waals surface area (Å²) in [6.07, 6.45) is 4.08. The van der Waals surface area contributed by atoms with Gasteiger partial charge >= 0.3 is 0 Å². The topological polar surface area (TPSA) is 95.7 Å². The number of amides is 1. The molecule has 0 spiro atoms. The number of hydrogen-bond acceptors (Lipinski definition) is 4. The lowest BCUT2D eigenvalue weighted by molar-refractivity contribution is -0.126. The smallest absolute Gasteiger partial charge is 0.246 e. The summed E-state index contributed by atoms with van der Waals surface area (Å²) >= 11 is 0. The largest absolute Gasteiger partial charge is 0.364 e. The van der Waals surface area contributed by atoms with E-state index in [9.17, 15) is 4.79 Å². The van der Waals surface area contributed by atoms with Crippen LogP contribution in [0.25, 0.3) is 11.0 Å². The average Bonchev–Trinajstić information content (AvgIpc) is 3.16. The van der Waals surface area contributed by atoms with Crippen LogP contribution in [0.4, 0.5) is 0 Å². The van der Waals surface area contributed by atoms with E-state index in [-0.39, 0.29) is 19.1 Å². The molecule has 0 bridgehead atoms. The summed E-state index contributed by atoms with van der Waals surface area (Å²) < 4.78 is 5.40. The van der Waals surface area contributed by atoms with Crippen LogP contribution in [0.15, 0.2) is 30.7 Å². The van der Waals surface area contributed by atoms with Gasteiger partial charge in [-0.1, -0.05) is 6.07 Å². The lowest BCUT2D eigenvalue weighted by Gasteiger charge is -2.04. The van der Waals surface area contributed by atoms with Crippen molar-refractivity contribution < 1.29 is 9.53 Å². The van der Waals surface area contributed by atoms with Gasteiger partial charge in [0.05, 0.1) is 17.4 Å². The number of carbonyl (C=O) groups is 1. The third kappa shape index (κ3) is 4.17. The Morgan fingerprint density at radius 1 is 1.39 bits per heavy atom. The number of nitrogens with one attached hydrogen (secondary N) is 3. The van der Waals surface area contributed by atoms with E-state index in [2.05, 4.69) is 25.3 Å². The lowest BCUT2D eigenvalue weighted by Crippen LogP contribution is -2.29. The molecule has 1 amide bonds. The Hall–Kier alpha value is -2.67. The molecule has 23 heavy (non-hydrogen) atoms. The van der Waals surface area contributed by atoms with Crippen LogP contribution >= 0.6 is 0 Å². The van der Waals surface area contributed by atoms with E-state index >= 15 is 0 Å². The van der Waals surface area contributed by atoms with Gasteiger partial charge in [-0.05, 0) is 24.6 Å². The van der Waals surface area contributed by atoms with Crippen molar-refractivity contribution in [1.82, 2.24) is 25.3 Å². The number of ether oxygens (including phenoxy) is 1. The van der Waals surface area contributed by atoms with Crippen molar-refractivity contribution in [3.05, 3.63) is 47.8 Å². The molecule has 0 aliphatic carbocycles. The van der Waals surface area contributed by atoms with Crippen LogP contribution in [0.5, 0.6) is 0 Å². The van der Waals surface area contributed by atoms with Crippen LogP contribution in [0.3, 0.4) is 0 Å². The monoisotopic (exact) mass is 313 g/mol. The van der Waals surface area contributed by atoms with E-state index in [1.165, 1.54) is 5.56 Å². The molecule has 0 atom stereocenters. The molecule has 0 unspecified atom stereocenters. The summed E-state index contributed by atoms with van der Waals surface area (Å²) in [5, 5.41) is 2.80. The molecule has 120 valence electrons. The van der Waals surface area contributed by atoms with E-state index in [1.807, 2.05) is 25.1 Å². The number of hydrogen-bond donors (Lipinski definition) is 3. The van der Waals surface area contributed by atoms with Gasteiger partial charge in [0.1, 0.15) is 19.0 Å². The Labute approximate surface area is 133 Å². The number of H-pyrrole nitrogens is 2. The third-order valence-corrected chi connectivity index (χ3v) is 3.43. The highest BCUT2D eigenvalue weighted by atomic mass is 16.5. The van der Waals surface area contributed by atoms with Gasteiger partial charge in [-0.15, -0.1) is 0 Å². The summed E-state index contributed by atoms with van der Waals surface area (Å²) in [5.74, 6) is 0.576. The van der Waals surface area contributed by atoms with E-state index in [4.69, 9.17) is 4.74 Å². The van der Waals surface area contributed by atoms with Gasteiger partial charge in [0.25, 0.3) is 0 Å². The fourth-order valence-corrected chi connectivity index (χ4v) is 2.29. The Balaban J connectivity index is 1.40. The molecule has 0 saturated carbocycles. The second-order valence-corrected chi connectivity index (χ2v) is 5.37. The van der Waals surface area contributed by atoms with Crippen LogP contribution < -0.4 is 5.32 Å². The van der Waals surface area contributed by atoms with Crippen LogP contribution in [0.2, 0.25) is 0 Å². The summed E-state index contributed by atoms with van der Waals surface area (Å²) in [6.45, 7) is 2.87. The molecule has 7 heteroatoms. The van der Waals surface area contributed by atoms with Crippen molar-refractivity contribution in [2.75, 3.05) is 13.2 Å². The summed E-state index contributed by atoms with van der Waals surface area (Å²) in [5.41, 5.74) is 4.04. The van der Waals surface area contributed by atoms with E-state index < -0.39 is 0 Å². The predicted molar refractivity (Wildman–Crippen MR) is 85.8 cm³/mol. The number of rotatable bonds is 7. The van der Waals surface area contributed by atoms with Crippen molar-refractivity contribution in [3.63, 3.8) is 0 Å². The number of carbonyl (C=O) groups excluding carboxylic acids is 1. The van der Waals surface area contributed by atoms with Crippen molar-refractivity contribution >= 4 is 16.9 Å². The van der Waals surface area contributed by atoms with Gasteiger partial charge in [-0.25, -0.2) is 9.97 Å². The molecule has 0 radical (unpaired) electrons. The molecule has 3 aromatic rings. The molecule has 2 heterocycles. The number of aryl methyl sites for hydroxylation is 1. The standard InChI is InChI=1S/C16H19N5O2/c1-11-2-3-13-14(6-11)21-15(20-13)8-23-9-16(22)18-5-4-12-7-17-10-19-12/h2-3,6-7,10H,4-5,8-9H2,1H3,(H,17,19)(H,18,22)(H,20,21). The maximum Gasteiger partial charge on any atom is 0.246 e. The minimum absolute atomic E-state index is 0.0129. The first-order chi connectivity index (χ1) is 11.2. The molecular weight excluding hydrogens is 294 g/mol. The Morgan fingerprint density at radius 3 is 3.13 bits per heavy atom. The number of nitrogens with zero attached hydrogens (tertiary/aromatic N) is 2. The maximum atomic E-state index is 11.7. The zero-order valence-electron chi connectivity index (χ0n) is 12.9. The average molecular weight is 313 g/mol. The number of aromatic nitrogens is 4. The van der Waals surface area contributed by atoms with Gasteiger partial charge in [-0.2, -0.15) is 0 Å². The van der Waals surface area contributed by atoms with E-state index in [0.29, 0.717) is 13.0 Å². The number of imidazole rings is 2. The second-order valence-electron chi connectivity index (χ2n) is 5.37. The maximum absolute atomic E-state index is 11.7. The predicted octanol–water partition coefficient (Wildman–Crippen LogP) is 1.47. The third-order valence-electron chi connectivity index (χ3n) is 3.43. The second kappa shape index (κ2) is 7.06. The highest BCUT2D eigenvalue weighted by Crippen LogP contribution is 2.13. The van der Waals surface area contributed by atoms with Crippen LogP contribution in [-0.2, 0) is 22.6 Å². The number of aromatic amines is 2. The Morgan fingerprint density at radius 2 is 2.30 bits per heavy atom. The van der Waals surface area contributed by atoms with Crippen LogP contribution in [0, 0.1) is 6.92 Å². The van der Waals surface area contributed by atoms with Crippen LogP contribution in [-0.4, -0.2) is 39.0 Å². The van der Waals surface area contributed by atoms with Gasteiger partial charge in [0, 0.05) is 24.9 Å². The molecule has 3 N–H and O–H groups in total. The molecule has 0 aliphatic rings. The Kier molecular flexibility index (Phi) is 4.68. The highest BCUT2D eigenvalue weighted by molar-refractivity contribution is 5.77. The first-order valence-corrected chi connectivity index (χ1v) is 7.47. The fraction of sp³-hybridized carbons (Fsp3) is 0.312. The van der Waals surface area contributed by atoms with Gasteiger partial charge in [0.2, 0.25) is 5.91 Å². The Bertz CT molecular complexity index is 779. The van der Waals surface area contributed by atoms with Crippen molar-refractivity contribution in [2.45, 2.75) is 20.0 Å². The SMILES string of the molecule is Cc1ccc2nc(COCC(=O)NCCc3cnc[nH]3)[nH]c2c1. The van der Waals surface area contributed by atoms with E-state index in [0.717, 1.165) is 22.6 Å². The van der Waals surface area contributed by atoms with Gasteiger partial charge in [0.15, 0.2) is 0 Å². The van der Waals surface area contributed by atoms with E-state index in [1.54, 1.807) is 12.5 Å². The molecule has 0 aliphatic heterocycles. The van der Waals surface area contributed by atoms with Gasteiger partial charge in [-0.3, -0.25) is 4.79 Å². The minimum Gasteiger partial charge on any atom is -0.364 e. The molecule has 2 aromatic heterocycles.